The van der Waals surface area contributed by atoms with Gasteiger partial charge in [-0.25, -0.2) is 0 Å². The van der Waals surface area contributed by atoms with Gasteiger partial charge in [-0.05, 0) is 29.7 Å². The minimum absolute atomic E-state index is 0.402. The van der Waals surface area contributed by atoms with E-state index in [1.54, 1.807) is 11.8 Å². The lowest BCUT2D eigenvalue weighted by molar-refractivity contribution is 0.204. The lowest BCUT2D eigenvalue weighted by Gasteiger charge is -2.11. The van der Waals surface area contributed by atoms with Gasteiger partial charge in [0.15, 0.2) is 0 Å². The van der Waals surface area contributed by atoms with E-state index in [9.17, 15) is 5.11 Å². The largest absolute Gasteiger partial charge is 0.388 e. The average Bonchev–Trinajstić information content (AvgIpc) is 2.47. The number of aryl methyl sites for hydroxylation is 1. The first-order valence-corrected chi connectivity index (χ1v) is 7.73. The molecule has 100 valence electrons. The first kappa shape index (κ1) is 14.2. The molecule has 1 nitrogen and oxygen atoms in total. The molecule has 2 rings (SSSR count). The van der Waals surface area contributed by atoms with Crippen molar-refractivity contribution in [3.05, 3.63) is 65.7 Å². The lowest BCUT2D eigenvalue weighted by atomic mass is 10.1. The van der Waals surface area contributed by atoms with Crippen LogP contribution in [0.15, 0.2) is 59.5 Å². The van der Waals surface area contributed by atoms with E-state index in [0.29, 0.717) is 5.75 Å². The van der Waals surface area contributed by atoms with Crippen molar-refractivity contribution in [2.45, 2.75) is 30.8 Å². The summed E-state index contributed by atoms with van der Waals surface area (Å²) < 4.78 is 0. The van der Waals surface area contributed by atoms with Crippen LogP contribution >= 0.6 is 11.8 Å². The number of aliphatic hydroxyl groups is 1. The molecule has 19 heavy (non-hydrogen) atoms. The second kappa shape index (κ2) is 7.37. The second-order valence-corrected chi connectivity index (χ2v) is 5.72. The molecule has 2 aromatic carbocycles. The van der Waals surface area contributed by atoms with Gasteiger partial charge in [-0.3, -0.25) is 0 Å². The molecule has 0 fully saturated rings. The third-order valence-electron chi connectivity index (χ3n) is 3.05. The van der Waals surface area contributed by atoms with Crippen LogP contribution < -0.4 is 0 Å². The summed E-state index contributed by atoms with van der Waals surface area (Å²) in [4.78, 5) is 1.20. The van der Waals surface area contributed by atoms with Crippen molar-refractivity contribution in [3.63, 3.8) is 0 Å². The summed E-state index contributed by atoms with van der Waals surface area (Å²) in [5.74, 6) is 0.692. The van der Waals surface area contributed by atoms with Gasteiger partial charge in [-0.1, -0.05) is 55.8 Å². The first-order valence-electron chi connectivity index (χ1n) is 6.74. The summed E-state index contributed by atoms with van der Waals surface area (Å²) >= 11 is 1.69. The van der Waals surface area contributed by atoms with Crippen LogP contribution in [0, 0.1) is 0 Å². The maximum Gasteiger partial charge on any atom is 0.0883 e. The highest BCUT2D eigenvalue weighted by Crippen LogP contribution is 2.24. The van der Waals surface area contributed by atoms with E-state index in [-0.39, 0.29) is 0 Å². The van der Waals surface area contributed by atoms with E-state index >= 15 is 0 Å². The number of hydrogen-bond acceptors (Lipinski definition) is 2. The van der Waals surface area contributed by atoms with Crippen molar-refractivity contribution in [2.75, 3.05) is 5.75 Å². The molecule has 0 heterocycles. The normalized spacial score (nSPS) is 12.3. The smallest absolute Gasteiger partial charge is 0.0883 e. The molecule has 0 radical (unpaired) electrons. The summed E-state index contributed by atoms with van der Waals surface area (Å²) in [6.07, 6.45) is 1.86. The minimum atomic E-state index is -0.402. The van der Waals surface area contributed by atoms with Gasteiger partial charge in [0.2, 0.25) is 0 Å². The fourth-order valence-electron chi connectivity index (χ4n) is 1.98. The molecule has 0 aliphatic carbocycles. The van der Waals surface area contributed by atoms with E-state index in [1.807, 2.05) is 30.3 Å². The highest BCUT2D eigenvalue weighted by Gasteiger charge is 2.07. The van der Waals surface area contributed by atoms with Crippen molar-refractivity contribution < 1.29 is 5.11 Å². The zero-order valence-corrected chi connectivity index (χ0v) is 12.1. The standard InChI is InChI=1S/C17H20OS/c1-2-6-14-9-11-15(12-10-14)17(18)13-19-16-7-4-3-5-8-16/h3-5,7-12,17-18H,2,6,13H2,1H3. The van der Waals surface area contributed by atoms with Crippen LogP contribution in [-0.4, -0.2) is 10.9 Å². The van der Waals surface area contributed by atoms with Crippen molar-refractivity contribution in [1.29, 1.82) is 0 Å². The summed E-state index contributed by atoms with van der Waals surface area (Å²) in [5, 5.41) is 10.2. The van der Waals surface area contributed by atoms with Crippen molar-refractivity contribution in [3.8, 4) is 0 Å². The molecule has 0 saturated heterocycles. The molecule has 1 atom stereocenters. The minimum Gasteiger partial charge on any atom is -0.388 e. The topological polar surface area (TPSA) is 20.2 Å². The Morgan fingerprint density at radius 2 is 1.68 bits per heavy atom. The highest BCUT2D eigenvalue weighted by atomic mass is 32.2. The van der Waals surface area contributed by atoms with Gasteiger partial charge in [0, 0.05) is 10.6 Å². The zero-order chi connectivity index (χ0) is 13.5. The highest BCUT2D eigenvalue weighted by molar-refractivity contribution is 7.99. The molecular weight excluding hydrogens is 252 g/mol. The first-order chi connectivity index (χ1) is 9.29. The second-order valence-electron chi connectivity index (χ2n) is 4.63. The molecule has 1 N–H and O–H groups in total. The van der Waals surface area contributed by atoms with Crippen LogP contribution in [0.2, 0.25) is 0 Å². The third kappa shape index (κ3) is 4.41. The molecule has 0 aliphatic rings. The van der Waals surface area contributed by atoms with Crippen LogP contribution in [0.3, 0.4) is 0 Å². The van der Waals surface area contributed by atoms with E-state index in [1.165, 1.54) is 10.5 Å². The van der Waals surface area contributed by atoms with E-state index in [4.69, 9.17) is 0 Å². The Balaban J connectivity index is 1.90. The van der Waals surface area contributed by atoms with Crippen LogP contribution in [-0.2, 0) is 6.42 Å². The summed E-state index contributed by atoms with van der Waals surface area (Å²) in [6.45, 7) is 2.18. The Hall–Kier alpha value is -1.25. The number of aliphatic hydroxyl groups excluding tert-OH is 1. The monoisotopic (exact) mass is 272 g/mol. The van der Waals surface area contributed by atoms with Crippen molar-refractivity contribution >= 4 is 11.8 Å². The molecule has 0 saturated carbocycles. The SMILES string of the molecule is CCCc1ccc(C(O)CSc2ccccc2)cc1. The van der Waals surface area contributed by atoms with Gasteiger partial charge in [0.05, 0.1) is 6.10 Å². The summed E-state index contributed by atoms with van der Waals surface area (Å²) in [7, 11) is 0. The molecule has 2 aromatic rings. The molecule has 0 aliphatic heterocycles. The molecule has 0 bridgehead atoms. The summed E-state index contributed by atoms with van der Waals surface area (Å²) in [5.41, 5.74) is 2.34. The molecule has 0 aromatic heterocycles. The maximum atomic E-state index is 10.2. The van der Waals surface area contributed by atoms with Crippen molar-refractivity contribution in [2.24, 2.45) is 0 Å². The van der Waals surface area contributed by atoms with E-state index in [0.717, 1.165) is 18.4 Å². The van der Waals surface area contributed by atoms with Gasteiger partial charge in [-0.2, -0.15) is 0 Å². The van der Waals surface area contributed by atoms with E-state index < -0.39 is 6.10 Å². The van der Waals surface area contributed by atoms with E-state index in [2.05, 4.69) is 31.2 Å². The molecule has 1 unspecified atom stereocenters. The number of rotatable bonds is 6. The quantitative estimate of drug-likeness (QED) is 0.783. The number of benzene rings is 2. The molecule has 0 spiro atoms. The molecule has 2 heteroatoms. The van der Waals surface area contributed by atoms with Gasteiger partial charge in [0.25, 0.3) is 0 Å². The van der Waals surface area contributed by atoms with Crippen LogP contribution in [0.5, 0.6) is 0 Å². The third-order valence-corrected chi connectivity index (χ3v) is 4.14. The van der Waals surface area contributed by atoms with Crippen LogP contribution in [0.1, 0.15) is 30.6 Å². The Morgan fingerprint density at radius 3 is 2.32 bits per heavy atom. The Labute approximate surface area is 119 Å². The number of thioether (sulfide) groups is 1. The average molecular weight is 272 g/mol. The van der Waals surface area contributed by atoms with Crippen LogP contribution in [0.25, 0.3) is 0 Å². The van der Waals surface area contributed by atoms with Gasteiger partial charge >= 0.3 is 0 Å². The van der Waals surface area contributed by atoms with Crippen molar-refractivity contribution in [1.82, 2.24) is 0 Å². The van der Waals surface area contributed by atoms with Gasteiger partial charge in [0.1, 0.15) is 0 Å². The Bertz CT molecular complexity index is 478. The fourth-order valence-corrected chi connectivity index (χ4v) is 2.88. The molecular formula is C17H20OS. The predicted octanol–water partition coefficient (Wildman–Crippen LogP) is 4.46. The fraction of sp³-hybridized carbons (Fsp3) is 0.294. The molecule has 0 amide bonds. The van der Waals surface area contributed by atoms with Gasteiger partial charge < -0.3 is 5.11 Å². The Kier molecular flexibility index (Phi) is 5.49. The lowest BCUT2D eigenvalue weighted by Crippen LogP contribution is -2.00. The zero-order valence-electron chi connectivity index (χ0n) is 11.3. The number of hydrogen-bond donors (Lipinski definition) is 1. The Morgan fingerprint density at radius 1 is 1.00 bits per heavy atom. The predicted molar refractivity (Wildman–Crippen MR) is 82.6 cm³/mol. The maximum absolute atomic E-state index is 10.2. The summed E-state index contributed by atoms with van der Waals surface area (Å²) in [6, 6.07) is 18.5. The van der Waals surface area contributed by atoms with Crippen LogP contribution in [0.4, 0.5) is 0 Å². The van der Waals surface area contributed by atoms with Gasteiger partial charge in [-0.15, -0.1) is 11.8 Å².